The summed E-state index contributed by atoms with van der Waals surface area (Å²) in [5, 5.41) is 1.83. The van der Waals surface area contributed by atoms with Gasteiger partial charge in [-0.2, -0.15) is 0 Å². The second kappa shape index (κ2) is 5.42. The summed E-state index contributed by atoms with van der Waals surface area (Å²) in [4.78, 5) is 11.8. The maximum absolute atomic E-state index is 13.5. The van der Waals surface area contributed by atoms with Gasteiger partial charge in [0, 0.05) is 0 Å². The highest BCUT2D eigenvalue weighted by Crippen LogP contribution is 2.23. The molecule has 104 valence electrons. The molecule has 2 rings (SSSR count). The molecule has 0 aromatic heterocycles. The van der Waals surface area contributed by atoms with Gasteiger partial charge in [0.2, 0.25) is 0 Å². The number of amides is 1. The highest BCUT2D eigenvalue weighted by Gasteiger charge is 2.16. The van der Waals surface area contributed by atoms with E-state index in [4.69, 9.17) is 17.3 Å². The highest BCUT2D eigenvalue weighted by molar-refractivity contribution is 6.30. The molecule has 0 aliphatic rings. The van der Waals surface area contributed by atoms with Gasteiger partial charge in [-0.1, -0.05) is 11.6 Å². The van der Waals surface area contributed by atoms with Crippen molar-refractivity contribution < 1.29 is 18.0 Å². The Morgan fingerprint density at radius 3 is 2.45 bits per heavy atom. The van der Waals surface area contributed by atoms with Crippen molar-refractivity contribution in [2.24, 2.45) is 0 Å². The van der Waals surface area contributed by atoms with Gasteiger partial charge in [-0.25, -0.2) is 13.2 Å². The van der Waals surface area contributed by atoms with E-state index in [1.165, 1.54) is 6.07 Å². The van der Waals surface area contributed by atoms with Crippen LogP contribution in [0.15, 0.2) is 30.3 Å². The number of nitrogen functional groups attached to an aromatic ring is 1. The van der Waals surface area contributed by atoms with Gasteiger partial charge in [-0.15, -0.1) is 0 Å². The summed E-state index contributed by atoms with van der Waals surface area (Å²) in [6.07, 6.45) is 0. The average Bonchev–Trinajstić information content (AvgIpc) is 2.37. The summed E-state index contributed by atoms with van der Waals surface area (Å²) in [5.41, 5.74) is 5.02. The smallest absolute Gasteiger partial charge is 0.258 e. The number of rotatable bonds is 2. The van der Waals surface area contributed by atoms with Crippen molar-refractivity contribution >= 4 is 28.9 Å². The number of nitrogens with one attached hydrogen (secondary N) is 1. The number of nitrogens with two attached hydrogens (primary N) is 1. The van der Waals surface area contributed by atoms with Crippen molar-refractivity contribution in [3.63, 3.8) is 0 Å². The number of hydrogen-bond acceptors (Lipinski definition) is 2. The summed E-state index contributed by atoms with van der Waals surface area (Å²) in [5.74, 6) is -3.40. The number of carbonyl (C=O) groups is 1. The Balaban J connectivity index is 2.31. The van der Waals surface area contributed by atoms with E-state index < -0.39 is 33.9 Å². The zero-order valence-electron chi connectivity index (χ0n) is 9.88. The summed E-state index contributed by atoms with van der Waals surface area (Å²) in [6.45, 7) is 0. The Kier molecular flexibility index (Phi) is 3.85. The first-order valence-corrected chi connectivity index (χ1v) is 5.77. The Bertz CT molecular complexity index is 692. The molecule has 0 unspecified atom stereocenters. The lowest BCUT2D eigenvalue weighted by molar-refractivity contribution is 0.102. The van der Waals surface area contributed by atoms with Crippen molar-refractivity contribution in [3.8, 4) is 0 Å². The van der Waals surface area contributed by atoms with Crippen LogP contribution in [0.25, 0.3) is 0 Å². The average molecular weight is 301 g/mol. The molecule has 1 amide bonds. The summed E-state index contributed by atoms with van der Waals surface area (Å²) in [7, 11) is 0. The predicted molar refractivity (Wildman–Crippen MR) is 70.1 cm³/mol. The molecule has 0 atom stereocenters. The van der Waals surface area contributed by atoms with Crippen molar-refractivity contribution in [2.45, 2.75) is 0 Å². The van der Waals surface area contributed by atoms with Gasteiger partial charge in [0.1, 0.15) is 17.5 Å². The van der Waals surface area contributed by atoms with Gasteiger partial charge < -0.3 is 11.1 Å². The lowest BCUT2D eigenvalue weighted by Gasteiger charge is -2.09. The molecule has 3 nitrogen and oxygen atoms in total. The molecule has 7 heteroatoms. The van der Waals surface area contributed by atoms with Crippen LogP contribution in [0.4, 0.5) is 24.5 Å². The van der Waals surface area contributed by atoms with Gasteiger partial charge >= 0.3 is 0 Å². The van der Waals surface area contributed by atoms with E-state index in [1.54, 1.807) is 0 Å². The van der Waals surface area contributed by atoms with E-state index in [9.17, 15) is 18.0 Å². The summed E-state index contributed by atoms with van der Waals surface area (Å²) >= 11 is 5.39. The maximum atomic E-state index is 13.5. The molecule has 0 saturated heterocycles. The summed E-state index contributed by atoms with van der Waals surface area (Å²) in [6, 6.07) is 4.65. The zero-order valence-corrected chi connectivity index (χ0v) is 10.6. The van der Waals surface area contributed by atoms with E-state index in [-0.39, 0.29) is 11.4 Å². The monoisotopic (exact) mass is 300 g/mol. The third kappa shape index (κ3) is 2.85. The van der Waals surface area contributed by atoms with Crippen molar-refractivity contribution in [2.75, 3.05) is 11.1 Å². The predicted octanol–water partition coefficient (Wildman–Crippen LogP) is 3.59. The van der Waals surface area contributed by atoms with Crippen LogP contribution in [-0.4, -0.2) is 5.91 Å². The maximum Gasteiger partial charge on any atom is 0.258 e. The fourth-order valence-electron chi connectivity index (χ4n) is 1.53. The molecule has 2 aromatic carbocycles. The molecule has 0 bridgehead atoms. The minimum atomic E-state index is -0.977. The normalized spacial score (nSPS) is 10.4. The van der Waals surface area contributed by atoms with Crippen molar-refractivity contribution in [1.29, 1.82) is 0 Å². The summed E-state index contributed by atoms with van der Waals surface area (Å²) < 4.78 is 39.6. The minimum absolute atomic E-state index is 0.0341. The van der Waals surface area contributed by atoms with Crippen LogP contribution >= 0.6 is 11.6 Å². The third-order valence-corrected chi connectivity index (χ3v) is 2.81. The van der Waals surface area contributed by atoms with Gasteiger partial charge in [0.15, 0.2) is 0 Å². The molecule has 0 spiro atoms. The molecular formula is C13H8ClF3N2O. The van der Waals surface area contributed by atoms with Crippen LogP contribution in [0.3, 0.4) is 0 Å². The van der Waals surface area contributed by atoms with E-state index >= 15 is 0 Å². The van der Waals surface area contributed by atoms with Crippen molar-refractivity contribution in [3.05, 3.63) is 58.4 Å². The largest absolute Gasteiger partial charge is 0.397 e. The molecule has 0 radical (unpaired) electrons. The molecule has 0 aliphatic heterocycles. The fraction of sp³-hybridized carbons (Fsp3) is 0. The van der Waals surface area contributed by atoms with Crippen LogP contribution in [0.5, 0.6) is 0 Å². The Labute approximate surface area is 117 Å². The van der Waals surface area contributed by atoms with Gasteiger partial charge in [-0.3, -0.25) is 4.79 Å². The molecule has 3 N–H and O–H groups in total. The number of halogens is 4. The van der Waals surface area contributed by atoms with Crippen LogP contribution < -0.4 is 11.1 Å². The SMILES string of the molecule is Nc1cc(F)ccc1NC(=O)c1cc(F)c(Cl)cc1F. The van der Waals surface area contributed by atoms with E-state index in [0.29, 0.717) is 12.1 Å². The molecule has 0 heterocycles. The standard InChI is InChI=1S/C13H8ClF3N2O/c14-8-5-9(16)7(4-10(8)17)13(20)19-12-2-1-6(15)3-11(12)18/h1-5H,18H2,(H,19,20). The molecule has 0 saturated carbocycles. The Hall–Kier alpha value is -2.21. The van der Waals surface area contributed by atoms with Gasteiger partial charge in [-0.05, 0) is 30.3 Å². The van der Waals surface area contributed by atoms with E-state index in [1.807, 2.05) is 0 Å². The number of benzene rings is 2. The first kappa shape index (κ1) is 14.2. The number of hydrogen-bond donors (Lipinski definition) is 2. The Morgan fingerprint density at radius 1 is 1.10 bits per heavy atom. The number of carbonyl (C=O) groups excluding carboxylic acids is 1. The first-order valence-electron chi connectivity index (χ1n) is 5.39. The second-order valence-corrected chi connectivity index (χ2v) is 4.34. The van der Waals surface area contributed by atoms with Gasteiger partial charge in [0.25, 0.3) is 5.91 Å². The highest BCUT2D eigenvalue weighted by atomic mass is 35.5. The van der Waals surface area contributed by atoms with E-state index in [2.05, 4.69) is 5.32 Å². The Morgan fingerprint density at radius 2 is 1.80 bits per heavy atom. The molecule has 20 heavy (non-hydrogen) atoms. The molecule has 0 aliphatic carbocycles. The zero-order chi connectivity index (χ0) is 14.9. The lowest BCUT2D eigenvalue weighted by Crippen LogP contribution is -2.15. The van der Waals surface area contributed by atoms with Crippen LogP contribution in [-0.2, 0) is 0 Å². The molecule has 0 fully saturated rings. The molecular weight excluding hydrogens is 293 g/mol. The first-order chi connectivity index (χ1) is 9.38. The lowest BCUT2D eigenvalue weighted by atomic mass is 10.1. The topological polar surface area (TPSA) is 55.1 Å². The van der Waals surface area contributed by atoms with Crippen LogP contribution in [0.2, 0.25) is 5.02 Å². The molecule has 2 aromatic rings. The van der Waals surface area contributed by atoms with Crippen LogP contribution in [0.1, 0.15) is 10.4 Å². The minimum Gasteiger partial charge on any atom is -0.397 e. The number of anilines is 2. The van der Waals surface area contributed by atoms with Crippen molar-refractivity contribution in [1.82, 2.24) is 0 Å². The third-order valence-electron chi connectivity index (χ3n) is 2.52. The van der Waals surface area contributed by atoms with E-state index in [0.717, 1.165) is 12.1 Å². The fourth-order valence-corrected chi connectivity index (χ4v) is 1.68. The quantitative estimate of drug-likeness (QED) is 0.658. The van der Waals surface area contributed by atoms with Gasteiger partial charge in [0.05, 0.1) is 22.0 Å². The van der Waals surface area contributed by atoms with Crippen LogP contribution in [0, 0.1) is 17.5 Å². The second-order valence-electron chi connectivity index (χ2n) is 3.93.